The van der Waals surface area contributed by atoms with E-state index in [1.807, 2.05) is 12.1 Å². The van der Waals surface area contributed by atoms with E-state index >= 15 is 0 Å². The standard InChI is InChI=1S/C31H37NO12/c1-14(33)39-24-25(40-15(2)34)27(41-16(3)35)30(44-26(24)29(36)38-6)42-21-10-8-18-19-13-17-7-9-20(37-5)23-22(17)31(18,28(21)43-23)11-12-32(19)4/h7-10,18-19,21,24-28,30H,11-13H2,1-6H3/t18-,19+,21-,24-,25-,26-,27+,28-,30+,31-/m0/s1. The molecule has 0 radical (unpaired) electrons. The highest BCUT2D eigenvalue weighted by Gasteiger charge is 2.65. The second kappa shape index (κ2) is 11.4. The van der Waals surface area contributed by atoms with Gasteiger partial charge in [-0.05, 0) is 38.1 Å². The van der Waals surface area contributed by atoms with Crippen LogP contribution in [0.3, 0.4) is 0 Å². The van der Waals surface area contributed by atoms with Crippen LogP contribution >= 0.6 is 0 Å². The molecule has 0 saturated carbocycles. The van der Waals surface area contributed by atoms with Crippen LogP contribution in [0.15, 0.2) is 24.3 Å². The molecule has 0 aromatic heterocycles. The molecule has 1 aromatic carbocycles. The van der Waals surface area contributed by atoms with Gasteiger partial charge in [0.25, 0.3) is 0 Å². The lowest BCUT2D eigenvalue weighted by Gasteiger charge is -2.57. The smallest absolute Gasteiger partial charge is 0.339 e. The Balaban J connectivity index is 1.41. The van der Waals surface area contributed by atoms with Gasteiger partial charge in [0, 0.05) is 43.7 Å². The van der Waals surface area contributed by atoms with Crippen LogP contribution < -0.4 is 9.47 Å². The Kier molecular flexibility index (Phi) is 7.83. The van der Waals surface area contributed by atoms with Crippen LogP contribution in [0.5, 0.6) is 11.5 Å². The molecule has 238 valence electrons. The monoisotopic (exact) mass is 615 g/mol. The number of nitrogens with zero attached hydrogens (tertiary/aromatic N) is 1. The van der Waals surface area contributed by atoms with Gasteiger partial charge >= 0.3 is 23.9 Å². The van der Waals surface area contributed by atoms with Crippen LogP contribution in [0, 0.1) is 5.92 Å². The SMILES string of the molecule is COC(=O)[C@H]1O[C@@H](O[C@H]2C=C[C@H]3[C@H]4Cc5ccc(OC)c6c5[C@@]3(CCN4C)[C@H]2O6)[C@H](OC(C)=O)[C@@H](OC(C)=O)[C@@H]1OC(C)=O. The van der Waals surface area contributed by atoms with E-state index in [-0.39, 0.29) is 12.0 Å². The molecular weight excluding hydrogens is 578 g/mol. The van der Waals surface area contributed by atoms with Gasteiger partial charge in [0.2, 0.25) is 6.29 Å². The number of rotatable bonds is 7. The highest BCUT2D eigenvalue weighted by molar-refractivity contribution is 5.77. The predicted molar refractivity (Wildman–Crippen MR) is 149 cm³/mol. The zero-order chi connectivity index (χ0) is 31.5. The van der Waals surface area contributed by atoms with Gasteiger partial charge in [-0.1, -0.05) is 18.2 Å². The lowest BCUT2D eigenvalue weighted by Crippen LogP contribution is -2.67. The molecule has 0 N–H and O–H groups in total. The first kappa shape index (κ1) is 30.4. The summed E-state index contributed by atoms with van der Waals surface area (Å²) in [5, 5.41) is 0. The Labute approximate surface area is 254 Å². The van der Waals surface area contributed by atoms with Gasteiger partial charge in [-0.3, -0.25) is 14.4 Å². The number of benzene rings is 1. The van der Waals surface area contributed by atoms with Crippen LogP contribution in [0.4, 0.5) is 0 Å². The van der Waals surface area contributed by atoms with Crippen molar-refractivity contribution in [2.45, 2.75) is 88.0 Å². The summed E-state index contributed by atoms with van der Waals surface area (Å²) in [6.07, 6.45) is -2.89. The van der Waals surface area contributed by atoms with Crippen molar-refractivity contribution in [1.82, 2.24) is 4.90 Å². The number of likely N-dealkylation sites (tertiary alicyclic amines) is 1. The number of likely N-dealkylation sites (N-methyl/N-ethyl adjacent to an activating group) is 1. The fourth-order valence-corrected chi connectivity index (χ4v) is 7.83. The molecule has 2 aliphatic carbocycles. The van der Waals surface area contributed by atoms with Crippen LogP contribution in [0.2, 0.25) is 0 Å². The Bertz CT molecular complexity index is 1390. The summed E-state index contributed by atoms with van der Waals surface area (Å²) in [6, 6.07) is 4.27. The molecule has 1 aromatic rings. The number of carbonyl (C=O) groups excluding carboxylic acids is 4. The minimum absolute atomic E-state index is 0.133. The van der Waals surface area contributed by atoms with Gasteiger partial charge in [-0.15, -0.1) is 0 Å². The number of methoxy groups -OCH3 is 2. The van der Waals surface area contributed by atoms with Gasteiger partial charge in [0.1, 0.15) is 12.2 Å². The maximum atomic E-state index is 12.9. The second-order valence-electron chi connectivity index (χ2n) is 11.9. The van der Waals surface area contributed by atoms with Crippen molar-refractivity contribution in [2.24, 2.45) is 5.92 Å². The van der Waals surface area contributed by atoms with Crippen molar-refractivity contribution in [3.63, 3.8) is 0 Å². The van der Waals surface area contributed by atoms with E-state index in [9.17, 15) is 19.2 Å². The van der Waals surface area contributed by atoms with E-state index < -0.39 is 72.2 Å². The van der Waals surface area contributed by atoms with Gasteiger partial charge < -0.3 is 42.8 Å². The summed E-state index contributed by atoms with van der Waals surface area (Å²) in [5.41, 5.74) is 1.88. The van der Waals surface area contributed by atoms with Gasteiger partial charge in [-0.2, -0.15) is 0 Å². The second-order valence-corrected chi connectivity index (χ2v) is 11.9. The Morgan fingerprint density at radius 1 is 0.932 bits per heavy atom. The summed E-state index contributed by atoms with van der Waals surface area (Å²) >= 11 is 0. The molecule has 2 saturated heterocycles. The van der Waals surface area contributed by atoms with E-state index in [2.05, 4.69) is 24.1 Å². The van der Waals surface area contributed by atoms with Crippen molar-refractivity contribution in [3.8, 4) is 11.5 Å². The van der Waals surface area contributed by atoms with Crippen molar-refractivity contribution < 1.29 is 57.1 Å². The summed E-state index contributed by atoms with van der Waals surface area (Å²) in [4.78, 5) is 51.9. The van der Waals surface area contributed by atoms with Gasteiger partial charge in [0.15, 0.2) is 35.9 Å². The molecule has 6 rings (SSSR count). The van der Waals surface area contributed by atoms with Crippen molar-refractivity contribution in [1.29, 1.82) is 0 Å². The third-order valence-electron chi connectivity index (χ3n) is 9.46. The molecule has 10 atom stereocenters. The molecule has 44 heavy (non-hydrogen) atoms. The first-order valence-electron chi connectivity index (χ1n) is 14.7. The third-order valence-corrected chi connectivity index (χ3v) is 9.46. The molecular formula is C31H37NO12. The molecule has 3 aliphatic heterocycles. The summed E-state index contributed by atoms with van der Waals surface area (Å²) in [5.74, 6) is -1.73. The fourth-order valence-electron chi connectivity index (χ4n) is 7.83. The molecule has 5 aliphatic rings. The number of hydrogen-bond acceptors (Lipinski definition) is 13. The van der Waals surface area contributed by atoms with Crippen LogP contribution in [-0.4, -0.2) is 106 Å². The number of hydrogen-bond donors (Lipinski definition) is 0. The number of esters is 4. The first-order valence-corrected chi connectivity index (χ1v) is 14.7. The van der Waals surface area contributed by atoms with Gasteiger partial charge in [0.05, 0.1) is 14.2 Å². The first-order chi connectivity index (χ1) is 21.0. The lowest BCUT2D eigenvalue weighted by molar-refractivity contribution is -0.313. The number of piperidine rings is 1. The summed E-state index contributed by atoms with van der Waals surface area (Å²) in [7, 11) is 4.88. The summed E-state index contributed by atoms with van der Waals surface area (Å²) in [6.45, 7) is 4.29. The minimum Gasteiger partial charge on any atom is -0.493 e. The summed E-state index contributed by atoms with van der Waals surface area (Å²) < 4.78 is 46.5. The lowest BCUT2D eigenvalue weighted by atomic mass is 9.53. The average Bonchev–Trinajstić information content (AvgIpc) is 3.32. The van der Waals surface area contributed by atoms with Crippen LogP contribution in [0.1, 0.15) is 38.3 Å². The number of carbonyl (C=O) groups is 4. The molecule has 13 heteroatoms. The molecule has 13 nitrogen and oxygen atoms in total. The van der Waals surface area contributed by atoms with Crippen molar-refractivity contribution in [2.75, 3.05) is 27.8 Å². The quantitative estimate of drug-likeness (QED) is 0.246. The van der Waals surface area contributed by atoms with E-state index in [0.717, 1.165) is 45.9 Å². The molecule has 1 spiro atoms. The molecule has 2 fully saturated rings. The van der Waals surface area contributed by atoms with Gasteiger partial charge in [-0.25, -0.2) is 4.79 Å². The maximum Gasteiger partial charge on any atom is 0.339 e. The van der Waals surface area contributed by atoms with Crippen LogP contribution in [-0.2, 0) is 59.4 Å². The topological polar surface area (TPSA) is 145 Å². The highest BCUT2D eigenvalue weighted by Crippen LogP contribution is 2.62. The zero-order valence-electron chi connectivity index (χ0n) is 25.5. The largest absolute Gasteiger partial charge is 0.493 e. The van der Waals surface area contributed by atoms with E-state index in [0.29, 0.717) is 11.5 Å². The fraction of sp³-hybridized carbons (Fsp3) is 0.613. The average molecular weight is 616 g/mol. The maximum absolute atomic E-state index is 12.9. The zero-order valence-corrected chi connectivity index (χ0v) is 25.5. The Morgan fingerprint density at radius 3 is 2.27 bits per heavy atom. The van der Waals surface area contributed by atoms with E-state index in [4.69, 9.17) is 37.9 Å². The third kappa shape index (κ3) is 4.72. The van der Waals surface area contributed by atoms with Crippen molar-refractivity contribution in [3.05, 3.63) is 35.4 Å². The predicted octanol–water partition coefficient (Wildman–Crippen LogP) is 1.22. The Morgan fingerprint density at radius 2 is 1.61 bits per heavy atom. The van der Waals surface area contributed by atoms with Crippen LogP contribution in [0.25, 0.3) is 0 Å². The number of ether oxygens (including phenoxy) is 8. The minimum atomic E-state index is -1.56. The molecule has 3 heterocycles. The molecule has 2 bridgehead atoms. The van der Waals surface area contributed by atoms with E-state index in [1.165, 1.54) is 12.5 Å². The van der Waals surface area contributed by atoms with E-state index in [1.54, 1.807) is 7.11 Å². The molecule has 0 unspecified atom stereocenters. The normalized spacial score (nSPS) is 36.4. The highest BCUT2D eigenvalue weighted by atomic mass is 16.7. The molecule has 0 amide bonds. The van der Waals surface area contributed by atoms with Crippen molar-refractivity contribution >= 4 is 23.9 Å². The Hall–Kier alpha value is -3.68.